The molecule has 3 nitrogen and oxygen atoms in total. The highest BCUT2D eigenvalue weighted by Crippen LogP contribution is 2.27. The topological polar surface area (TPSA) is 38.3 Å². The molecule has 1 amide bonds. The first-order valence-corrected chi connectivity index (χ1v) is 6.73. The van der Waals surface area contributed by atoms with Crippen LogP contribution in [0.2, 0.25) is 0 Å². The lowest BCUT2D eigenvalue weighted by Crippen LogP contribution is -2.32. The van der Waals surface area contributed by atoms with Crippen LogP contribution >= 0.6 is 0 Å². The molecule has 1 N–H and O–H groups in total. The van der Waals surface area contributed by atoms with Crippen LogP contribution in [0.1, 0.15) is 37.4 Å². The minimum Gasteiger partial charge on any atom is -0.360 e. The van der Waals surface area contributed by atoms with E-state index >= 15 is 0 Å². The molecule has 1 aliphatic rings. The number of rotatable bonds is 5. The molecular weight excluding hydrogens is 238 g/mol. The first-order valence-electron chi connectivity index (χ1n) is 6.73. The molecule has 0 aromatic heterocycles. The number of hydrogen-bond donors (Lipinski definition) is 1. The molecule has 100 valence electrons. The van der Waals surface area contributed by atoms with Crippen molar-refractivity contribution < 1.29 is 9.53 Å². The van der Waals surface area contributed by atoms with Gasteiger partial charge in [-0.15, -0.1) is 6.42 Å². The van der Waals surface area contributed by atoms with Gasteiger partial charge in [0.15, 0.2) is 6.10 Å². The summed E-state index contributed by atoms with van der Waals surface area (Å²) in [5.74, 6) is 2.25. The molecule has 0 bridgehead atoms. The Balaban J connectivity index is 2.08. The molecule has 19 heavy (non-hydrogen) atoms. The van der Waals surface area contributed by atoms with Crippen molar-refractivity contribution in [1.82, 2.24) is 5.32 Å². The Morgan fingerprint density at radius 3 is 2.68 bits per heavy atom. The quantitative estimate of drug-likeness (QED) is 0.823. The molecular formula is C16H19NO2. The van der Waals surface area contributed by atoms with Crippen molar-refractivity contribution in [2.75, 3.05) is 6.54 Å². The number of carbonyl (C=O) groups is 1. The van der Waals surface area contributed by atoms with Gasteiger partial charge in [0.1, 0.15) is 0 Å². The largest absolute Gasteiger partial charge is 0.360 e. The third-order valence-electron chi connectivity index (χ3n) is 3.34. The lowest BCUT2D eigenvalue weighted by molar-refractivity contribution is -0.136. The molecule has 3 heteroatoms. The normalized spacial score (nSPS) is 16.8. The van der Waals surface area contributed by atoms with E-state index in [0.29, 0.717) is 0 Å². The van der Waals surface area contributed by atoms with Gasteiger partial charge in [-0.3, -0.25) is 4.79 Å². The second kappa shape index (κ2) is 6.96. The first-order chi connectivity index (χ1) is 9.31. The fourth-order valence-electron chi connectivity index (χ4n) is 2.37. The summed E-state index contributed by atoms with van der Waals surface area (Å²) in [6.07, 6.45) is 9.22. The summed E-state index contributed by atoms with van der Waals surface area (Å²) in [5, 5.41) is 2.70. The average Bonchev–Trinajstić information content (AvgIpc) is 2.96. The van der Waals surface area contributed by atoms with E-state index in [0.717, 1.165) is 18.4 Å². The zero-order valence-corrected chi connectivity index (χ0v) is 11.0. The van der Waals surface area contributed by atoms with Gasteiger partial charge in [-0.2, -0.15) is 0 Å². The Kier molecular flexibility index (Phi) is 5.00. The van der Waals surface area contributed by atoms with Crippen LogP contribution in [-0.2, 0) is 9.53 Å². The zero-order valence-electron chi connectivity index (χ0n) is 11.0. The Bertz CT molecular complexity index is 444. The van der Waals surface area contributed by atoms with Crippen LogP contribution in [0.3, 0.4) is 0 Å². The number of hydrogen-bond acceptors (Lipinski definition) is 2. The van der Waals surface area contributed by atoms with Crippen molar-refractivity contribution in [2.24, 2.45) is 0 Å². The summed E-state index contributed by atoms with van der Waals surface area (Å²) < 4.78 is 5.98. The van der Waals surface area contributed by atoms with Gasteiger partial charge in [-0.05, 0) is 18.4 Å². The maximum absolute atomic E-state index is 12.2. The monoisotopic (exact) mass is 257 g/mol. The third-order valence-corrected chi connectivity index (χ3v) is 3.34. The van der Waals surface area contributed by atoms with E-state index in [1.54, 1.807) is 0 Å². The predicted octanol–water partition coefficient (Wildman–Crippen LogP) is 2.44. The number of ether oxygens (including phenoxy) is 1. The average molecular weight is 257 g/mol. The molecule has 0 unspecified atom stereocenters. The van der Waals surface area contributed by atoms with Crippen LogP contribution in [0.5, 0.6) is 0 Å². The van der Waals surface area contributed by atoms with Crippen LogP contribution in [0, 0.1) is 12.3 Å². The molecule has 0 spiro atoms. The fourth-order valence-corrected chi connectivity index (χ4v) is 2.37. The van der Waals surface area contributed by atoms with E-state index in [1.165, 1.54) is 12.8 Å². The van der Waals surface area contributed by atoms with Gasteiger partial charge < -0.3 is 10.1 Å². The number of benzene rings is 1. The maximum atomic E-state index is 12.2. The van der Waals surface area contributed by atoms with Crippen molar-refractivity contribution in [2.45, 2.75) is 37.9 Å². The van der Waals surface area contributed by atoms with E-state index in [4.69, 9.17) is 11.2 Å². The molecule has 1 fully saturated rings. The number of nitrogens with one attached hydrogen (secondary N) is 1. The molecule has 1 atom stereocenters. The molecule has 1 aromatic carbocycles. The molecule has 0 aliphatic heterocycles. The highest BCUT2D eigenvalue weighted by molar-refractivity contribution is 5.82. The van der Waals surface area contributed by atoms with Gasteiger partial charge in [0.2, 0.25) is 0 Å². The number of amides is 1. The second-order valence-electron chi connectivity index (χ2n) is 4.76. The van der Waals surface area contributed by atoms with E-state index in [-0.39, 0.29) is 18.6 Å². The second-order valence-corrected chi connectivity index (χ2v) is 4.76. The van der Waals surface area contributed by atoms with Crippen LogP contribution in [0.4, 0.5) is 0 Å². The van der Waals surface area contributed by atoms with Crippen molar-refractivity contribution in [1.29, 1.82) is 0 Å². The summed E-state index contributed by atoms with van der Waals surface area (Å²) in [4.78, 5) is 12.2. The lowest BCUT2D eigenvalue weighted by Gasteiger charge is -2.21. The standard InChI is InChI=1S/C16H19NO2/c1-2-12-17-16(18)15(13-8-4-3-5-9-13)19-14-10-6-7-11-14/h1,3-5,8-9,14-15H,6-7,10-12H2,(H,17,18)/t15-/m0/s1. The van der Waals surface area contributed by atoms with Crippen LogP contribution in [-0.4, -0.2) is 18.6 Å². The molecule has 1 aliphatic carbocycles. The number of terminal acetylenes is 1. The van der Waals surface area contributed by atoms with Crippen LogP contribution in [0.25, 0.3) is 0 Å². The molecule has 1 saturated carbocycles. The molecule has 1 aromatic rings. The SMILES string of the molecule is C#CCNC(=O)[C@@H](OC1CCCC1)c1ccccc1. The molecule has 2 rings (SSSR count). The predicted molar refractivity (Wildman–Crippen MR) is 74.4 cm³/mol. The minimum atomic E-state index is -0.558. The highest BCUT2D eigenvalue weighted by atomic mass is 16.5. The van der Waals surface area contributed by atoms with Crippen molar-refractivity contribution in [3.8, 4) is 12.3 Å². The van der Waals surface area contributed by atoms with Gasteiger partial charge in [-0.25, -0.2) is 0 Å². The smallest absolute Gasteiger partial charge is 0.254 e. The van der Waals surface area contributed by atoms with Crippen LogP contribution in [0.15, 0.2) is 30.3 Å². The van der Waals surface area contributed by atoms with Crippen molar-refractivity contribution in [3.05, 3.63) is 35.9 Å². The highest BCUT2D eigenvalue weighted by Gasteiger charge is 2.26. The minimum absolute atomic E-state index is 0.156. The fraction of sp³-hybridized carbons (Fsp3) is 0.438. The third kappa shape index (κ3) is 3.84. The van der Waals surface area contributed by atoms with Crippen LogP contribution < -0.4 is 5.32 Å². The first kappa shape index (κ1) is 13.6. The van der Waals surface area contributed by atoms with Gasteiger partial charge in [-0.1, -0.05) is 49.1 Å². The Labute approximate surface area is 114 Å². The van der Waals surface area contributed by atoms with E-state index in [9.17, 15) is 4.79 Å². The van der Waals surface area contributed by atoms with E-state index in [1.807, 2.05) is 30.3 Å². The molecule has 0 radical (unpaired) electrons. The Hall–Kier alpha value is -1.79. The maximum Gasteiger partial charge on any atom is 0.254 e. The Morgan fingerprint density at radius 2 is 2.05 bits per heavy atom. The van der Waals surface area contributed by atoms with Crippen molar-refractivity contribution in [3.63, 3.8) is 0 Å². The van der Waals surface area contributed by atoms with Crippen molar-refractivity contribution >= 4 is 5.91 Å². The van der Waals surface area contributed by atoms with Gasteiger partial charge in [0.25, 0.3) is 5.91 Å². The van der Waals surface area contributed by atoms with E-state index in [2.05, 4.69) is 11.2 Å². The molecule has 0 saturated heterocycles. The summed E-state index contributed by atoms with van der Waals surface area (Å²) >= 11 is 0. The lowest BCUT2D eigenvalue weighted by atomic mass is 10.1. The zero-order chi connectivity index (χ0) is 13.5. The van der Waals surface area contributed by atoms with E-state index < -0.39 is 6.10 Å². The summed E-state index contributed by atoms with van der Waals surface area (Å²) in [6.45, 7) is 0.232. The van der Waals surface area contributed by atoms with Gasteiger partial charge in [0, 0.05) is 0 Å². The summed E-state index contributed by atoms with van der Waals surface area (Å²) in [7, 11) is 0. The molecule has 0 heterocycles. The summed E-state index contributed by atoms with van der Waals surface area (Å²) in [5.41, 5.74) is 0.879. The Morgan fingerprint density at radius 1 is 1.37 bits per heavy atom. The number of carbonyl (C=O) groups excluding carboxylic acids is 1. The summed E-state index contributed by atoms with van der Waals surface area (Å²) in [6, 6.07) is 9.57. The van der Waals surface area contributed by atoms with Gasteiger partial charge >= 0.3 is 0 Å². The van der Waals surface area contributed by atoms with Gasteiger partial charge in [0.05, 0.1) is 12.6 Å².